The van der Waals surface area contributed by atoms with Crippen molar-refractivity contribution in [2.75, 3.05) is 25.0 Å². The molecule has 148 valence electrons. The largest absolute Gasteiger partial charge is 0.368 e. The number of hydrogen-bond acceptors (Lipinski definition) is 5. The van der Waals surface area contributed by atoms with Crippen molar-refractivity contribution >= 4 is 34.7 Å². The van der Waals surface area contributed by atoms with E-state index in [1.54, 1.807) is 24.3 Å². The summed E-state index contributed by atoms with van der Waals surface area (Å²) >= 11 is 1.54. The summed E-state index contributed by atoms with van der Waals surface area (Å²) in [6.07, 6.45) is 1.61. The Balaban J connectivity index is 1.38. The summed E-state index contributed by atoms with van der Waals surface area (Å²) in [5.74, 6) is -0.459. The van der Waals surface area contributed by atoms with Crippen molar-refractivity contribution in [3.8, 4) is 0 Å². The van der Waals surface area contributed by atoms with Crippen LogP contribution in [0.3, 0.4) is 0 Å². The third-order valence-corrected chi connectivity index (χ3v) is 5.15. The van der Waals surface area contributed by atoms with Gasteiger partial charge in [-0.2, -0.15) is 0 Å². The minimum absolute atomic E-state index is 0.0957. The van der Waals surface area contributed by atoms with Crippen LogP contribution >= 0.6 is 11.3 Å². The molecule has 1 aromatic heterocycles. The summed E-state index contributed by atoms with van der Waals surface area (Å²) < 4.78 is 5.30. The molecule has 0 bridgehead atoms. The lowest BCUT2D eigenvalue weighted by Gasteiger charge is -2.11. The molecule has 3 N–H and O–H groups in total. The molecule has 0 saturated carbocycles. The monoisotopic (exact) mass is 401 g/mol. The Morgan fingerprint density at radius 3 is 2.54 bits per heavy atom. The number of anilines is 1. The average molecular weight is 401 g/mol. The SMILES string of the molecule is O=C(Cc1cccs1)Nc1ccc(C(=O)NCCNC(=O)C2CCCO2)cc1. The minimum atomic E-state index is -0.363. The van der Waals surface area contributed by atoms with E-state index in [0.717, 1.165) is 17.7 Å². The topological polar surface area (TPSA) is 96.5 Å². The third kappa shape index (κ3) is 5.90. The maximum absolute atomic E-state index is 12.2. The lowest BCUT2D eigenvalue weighted by molar-refractivity contribution is -0.130. The molecule has 1 saturated heterocycles. The normalized spacial score (nSPS) is 15.8. The smallest absolute Gasteiger partial charge is 0.251 e. The van der Waals surface area contributed by atoms with Crippen molar-refractivity contribution in [2.24, 2.45) is 0 Å². The van der Waals surface area contributed by atoms with Crippen molar-refractivity contribution < 1.29 is 19.1 Å². The van der Waals surface area contributed by atoms with E-state index >= 15 is 0 Å². The highest BCUT2D eigenvalue weighted by Gasteiger charge is 2.22. The zero-order valence-corrected chi connectivity index (χ0v) is 16.2. The van der Waals surface area contributed by atoms with Gasteiger partial charge in [-0.05, 0) is 48.6 Å². The quantitative estimate of drug-likeness (QED) is 0.589. The Kier molecular flexibility index (Phi) is 7.16. The van der Waals surface area contributed by atoms with E-state index < -0.39 is 0 Å². The van der Waals surface area contributed by atoms with E-state index in [4.69, 9.17) is 4.74 Å². The van der Waals surface area contributed by atoms with Crippen LogP contribution in [0.2, 0.25) is 0 Å². The summed E-state index contributed by atoms with van der Waals surface area (Å²) in [5, 5.41) is 10.3. The molecule has 7 nitrogen and oxygen atoms in total. The minimum Gasteiger partial charge on any atom is -0.368 e. The fourth-order valence-corrected chi connectivity index (χ4v) is 3.55. The van der Waals surface area contributed by atoms with E-state index in [1.807, 2.05) is 17.5 Å². The van der Waals surface area contributed by atoms with Crippen molar-refractivity contribution in [3.05, 3.63) is 52.2 Å². The number of thiophene rings is 1. The highest BCUT2D eigenvalue weighted by Crippen LogP contribution is 2.13. The van der Waals surface area contributed by atoms with Crippen LogP contribution < -0.4 is 16.0 Å². The fraction of sp³-hybridized carbons (Fsp3) is 0.350. The van der Waals surface area contributed by atoms with Gasteiger partial charge >= 0.3 is 0 Å². The first kappa shape index (κ1) is 20.0. The first-order valence-electron chi connectivity index (χ1n) is 9.21. The van der Waals surface area contributed by atoms with Gasteiger partial charge in [-0.1, -0.05) is 6.07 Å². The Bertz CT molecular complexity index is 799. The Labute approximate surface area is 167 Å². The standard InChI is InChI=1S/C20H23N3O4S/c24-18(13-16-3-2-12-28-16)23-15-7-5-14(6-8-15)19(25)21-9-10-22-20(26)17-4-1-11-27-17/h2-3,5-8,12,17H,1,4,9-11,13H2,(H,21,25)(H,22,26)(H,23,24). The molecule has 0 aliphatic carbocycles. The van der Waals surface area contributed by atoms with E-state index in [2.05, 4.69) is 16.0 Å². The van der Waals surface area contributed by atoms with Crippen LogP contribution in [0.1, 0.15) is 28.1 Å². The third-order valence-electron chi connectivity index (χ3n) is 4.28. The maximum atomic E-state index is 12.2. The average Bonchev–Trinajstić information content (AvgIpc) is 3.39. The number of amides is 3. The van der Waals surface area contributed by atoms with Crippen LogP contribution in [0.4, 0.5) is 5.69 Å². The van der Waals surface area contributed by atoms with E-state index in [1.165, 1.54) is 11.3 Å². The molecule has 1 aromatic carbocycles. The number of ether oxygens (including phenoxy) is 1. The molecule has 1 unspecified atom stereocenters. The first-order valence-corrected chi connectivity index (χ1v) is 10.1. The van der Waals surface area contributed by atoms with Gasteiger partial charge < -0.3 is 20.7 Å². The molecule has 3 rings (SSSR count). The molecule has 1 aliphatic heterocycles. The highest BCUT2D eigenvalue weighted by molar-refractivity contribution is 7.10. The summed E-state index contributed by atoms with van der Waals surface area (Å²) in [6.45, 7) is 1.30. The Hall–Kier alpha value is -2.71. The molecule has 1 atom stereocenters. The zero-order chi connectivity index (χ0) is 19.8. The number of carbonyl (C=O) groups is 3. The lowest BCUT2D eigenvalue weighted by atomic mass is 10.2. The maximum Gasteiger partial charge on any atom is 0.251 e. The van der Waals surface area contributed by atoms with Crippen LogP contribution in [-0.2, 0) is 20.7 Å². The van der Waals surface area contributed by atoms with Gasteiger partial charge in [0.05, 0.1) is 6.42 Å². The van der Waals surface area contributed by atoms with Gasteiger partial charge in [-0.25, -0.2) is 0 Å². The molecular formula is C20H23N3O4S. The summed E-state index contributed by atoms with van der Waals surface area (Å²) in [4.78, 5) is 37.0. The molecule has 28 heavy (non-hydrogen) atoms. The van der Waals surface area contributed by atoms with Crippen LogP contribution in [0, 0.1) is 0 Å². The summed E-state index contributed by atoms with van der Waals surface area (Å²) in [7, 11) is 0. The molecule has 0 spiro atoms. The molecule has 1 fully saturated rings. The predicted octanol–water partition coefficient (Wildman–Crippen LogP) is 1.95. The first-order chi connectivity index (χ1) is 13.6. The van der Waals surface area contributed by atoms with Crippen molar-refractivity contribution in [1.82, 2.24) is 10.6 Å². The van der Waals surface area contributed by atoms with E-state index in [0.29, 0.717) is 37.4 Å². The molecular weight excluding hydrogens is 378 g/mol. The molecule has 2 heterocycles. The van der Waals surface area contributed by atoms with Crippen LogP contribution in [0.15, 0.2) is 41.8 Å². The predicted molar refractivity (Wildman–Crippen MR) is 107 cm³/mol. The number of rotatable bonds is 8. The second-order valence-electron chi connectivity index (χ2n) is 6.43. The number of carbonyl (C=O) groups excluding carboxylic acids is 3. The molecule has 0 radical (unpaired) electrons. The highest BCUT2D eigenvalue weighted by atomic mass is 32.1. The lowest BCUT2D eigenvalue weighted by Crippen LogP contribution is -2.39. The van der Waals surface area contributed by atoms with Crippen molar-refractivity contribution in [1.29, 1.82) is 0 Å². The number of hydrogen-bond donors (Lipinski definition) is 3. The van der Waals surface area contributed by atoms with Gasteiger partial charge in [-0.3, -0.25) is 14.4 Å². The fourth-order valence-electron chi connectivity index (χ4n) is 2.84. The van der Waals surface area contributed by atoms with E-state index in [-0.39, 0.29) is 23.8 Å². The van der Waals surface area contributed by atoms with Gasteiger partial charge in [0.2, 0.25) is 11.8 Å². The zero-order valence-electron chi connectivity index (χ0n) is 15.4. The van der Waals surface area contributed by atoms with Crippen LogP contribution in [0.5, 0.6) is 0 Å². The van der Waals surface area contributed by atoms with Gasteiger partial charge in [0.25, 0.3) is 5.91 Å². The van der Waals surface area contributed by atoms with Crippen LogP contribution in [-0.4, -0.2) is 43.5 Å². The van der Waals surface area contributed by atoms with Crippen molar-refractivity contribution in [2.45, 2.75) is 25.4 Å². The van der Waals surface area contributed by atoms with Crippen molar-refractivity contribution in [3.63, 3.8) is 0 Å². The van der Waals surface area contributed by atoms with Gasteiger partial charge in [-0.15, -0.1) is 11.3 Å². The van der Waals surface area contributed by atoms with Crippen LogP contribution in [0.25, 0.3) is 0 Å². The van der Waals surface area contributed by atoms with Gasteiger partial charge in [0, 0.05) is 35.8 Å². The molecule has 1 aliphatic rings. The molecule has 2 aromatic rings. The summed E-state index contributed by atoms with van der Waals surface area (Å²) in [5.41, 5.74) is 1.13. The van der Waals surface area contributed by atoms with Gasteiger partial charge in [0.1, 0.15) is 6.10 Å². The second-order valence-corrected chi connectivity index (χ2v) is 7.46. The molecule has 3 amide bonds. The second kappa shape index (κ2) is 10.0. The number of benzene rings is 1. The van der Waals surface area contributed by atoms with E-state index in [9.17, 15) is 14.4 Å². The Morgan fingerprint density at radius 2 is 1.86 bits per heavy atom. The summed E-state index contributed by atoms with van der Waals surface area (Å²) in [6, 6.07) is 10.5. The van der Waals surface area contributed by atoms with Gasteiger partial charge in [0.15, 0.2) is 0 Å². The number of nitrogens with one attached hydrogen (secondary N) is 3. The molecule has 8 heteroatoms. The Morgan fingerprint density at radius 1 is 1.07 bits per heavy atom.